The largest absolute Gasteiger partial charge is 0 e. The molecule has 0 nitrogen and oxygen atoms in total. The smallest absolute Gasteiger partial charge is 0 e. The molecule has 0 amide bonds. The Morgan fingerprint density at radius 3 is 1.25 bits per heavy atom. The molecule has 0 aliphatic rings. The third kappa shape index (κ3) is 10.2. The Morgan fingerprint density at radius 2 is 1.25 bits per heavy atom. The molecule has 0 spiro atoms. The maximum Gasteiger partial charge on any atom is 0 e. The van der Waals surface area contributed by atoms with Crippen molar-refractivity contribution in [2.24, 2.45) is 0 Å². The van der Waals surface area contributed by atoms with Gasteiger partial charge in [0.15, 0.2) is 0 Å². The standard InChI is InChI=1S/2S.Si.W. The van der Waals surface area contributed by atoms with Crippen LogP contribution in [0.5, 0.6) is 0 Å². The van der Waals surface area contributed by atoms with Gasteiger partial charge in [0.1, 0.15) is 0 Å². The van der Waals surface area contributed by atoms with Crippen molar-refractivity contribution in [2.75, 3.05) is 0 Å². The van der Waals surface area contributed by atoms with Gasteiger partial charge in [-0.2, -0.15) is 0 Å². The topological polar surface area (TPSA) is 0 Å². The molecule has 0 saturated heterocycles. The molecule has 0 rings (SSSR count). The van der Waals surface area contributed by atoms with E-state index in [0.29, 0.717) is 0 Å². The predicted molar refractivity (Wildman–Crippen MR) is 20.9 cm³/mol. The fraction of sp³-hybridized carbons (Fsp3) is 0. The van der Waals surface area contributed by atoms with E-state index in [4.69, 9.17) is 0 Å². The molecule has 0 unspecified atom stereocenters. The predicted octanol–water partition coefficient (Wildman–Crippen LogP) is 0.913. The Bertz CT molecular complexity index is 27.0. The Hall–Kier alpha value is 1.35. The van der Waals surface area contributed by atoms with Crippen LogP contribution in [0.4, 0.5) is 0 Å². The zero-order valence-corrected chi connectivity index (χ0v) is 7.29. The average molecular weight is 276 g/mol. The minimum Gasteiger partial charge on any atom is 0 e. The van der Waals surface area contributed by atoms with Crippen molar-refractivity contribution >= 4 is 30.6 Å². The summed E-state index contributed by atoms with van der Waals surface area (Å²) in [7, 11) is 8.75. The summed E-state index contributed by atoms with van der Waals surface area (Å²) in [5.74, 6) is 0. The van der Waals surface area contributed by atoms with Gasteiger partial charge >= 0.3 is 34.6 Å². The van der Waals surface area contributed by atoms with Gasteiger partial charge in [0.05, 0.1) is 0 Å². The molecule has 0 aliphatic carbocycles. The zero-order chi connectivity index (χ0) is 2.71. The molecule has 4 heteroatoms. The molecule has 0 heterocycles. The first-order valence-electron chi connectivity index (χ1n) is 0.333. The van der Waals surface area contributed by atoms with Crippen LogP contribution in [0, 0.1) is 0 Å². The van der Waals surface area contributed by atoms with E-state index in [0.717, 1.165) is 0 Å². The third-order valence-corrected chi connectivity index (χ3v) is 0. The second kappa shape index (κ2) is 8.84. The minimum atomic E-state index is -0.583. The SMILES string of the molecule is [S]=[W]=[S].[Si]. The van der Waals surface area contributed by atoms with Crippen LogP contribution in [0.1, 0.15) is 0 Å². The first kappa shape index (κ1) is 9.02. The Kier molecular flexibility index (Phi) is 19.9. The monoisotopic (exact) mass is 276 g/mol. The first-order chi connectivity index (χ1) is 1.41. The minimum absolute atomic E-state index is 0. The Labute approximate surface area is 45.4 Å². The molecule has 0 aromatic heterocycles. The van der Waals surface area contributed by atoms with Crippen molar-refractivity contribution in [3.05, 3.63) is 0 Å². The van der Waals surface area contributed by atoms with Crippen LogP contribution in [0.15, 0.2) is 0 Å². The van der Waals surface area contributed by atoms with Crippen LogP contribution in [0.3, 0.4) is 0 Å². The van der Waals surface area contributed by atoms with Gasteiger partial charge in [0, 0.05) is 11.0 Å². The maximum absolute atomic E-state index is 4.38. The summed E-state index contributed by atoms with van der Waals surface area (Å²) in [6.07, 6.45) is 0. The summed E-state index contributed by atoms with van der Waals surface area (Å²) in [6, 6.07) is 0. The molecule has 22 valence electrons. The van der Waals surface area contributed by atoms with E-state index in [1.807, 2.05) is 0 Å². The average Bonchev–Trinajstić information content (AvgIpc) is 0.918. The molecule has 0 fully saturated rings. The van der Waals surface area contributed by atoms with Crippen molar-refractivity contribution in [3.8, 4) is 0 Å². The number of hydrogen-bond acceptors (Lipinski definition) is 2. The van der Waals surface area contributed by atoms with Crippen molar-refractivity contribution in [2.45, 2.75) is 0 Å². The molecule has 0 aromatic rings. The van der Waals surface area contributed by atoms with E-state index in [2.05, 4.69) is 19.6 Å². The van der Waals surface area contributed by atoms with Crippen LogP contribution >= 0.6 is 19.6 Å². The molecule has 0 atom stereocenters. The summed E-state index contributed by atoms with van der Waals surface area (Å²) < 4.78 is 0. The normalized spacial score (nSPS) is 3.00. The van der Waals surface area contributed by atoms with Gasteiger partial charge in [0.25, 0.3) is 0 Å². The molecule has 0 aromatic carbocycles. The van der Waals surface area contributed by atoms with Gasteiger partial charge in [-0.15, -0.1) is 0 Å². The van der Waals surface area contributed by atoms with E-state index < -0.39 is 14.9 Å². The van der Waals surface area contributed by atoms with Crippen LogP contribution in [-0.2, 0) is 14.9 Å². The Balaban J connectivity index is 0. The van der Waals surface area contributed by atoms with Gasteiger partial charge in [-0.05, 0) is 0 Å². The van der Waals surface area contributed by atoms with Gasteiger partial charge in [0.2, 0.25) is 0 Å². The fourth-order valence-electron chi connectivity index (χ4n) is 0. The van der Waals surface area contributed by atoms with Crippen molar-refractivity contribution < 1.29 is 14.9 Å². The summed E-state index contributed by atoms with van der Waals surface area (Å²) >= 11 is -0.583. The quantitative estimate of drug-likeness (QED) is 0.603. The maximum atomic E-state index is 4.38. The summed E-state index contributed by atoms with van der Waals surface area (Å²) in [5, 5.41) is 0. The van der Waals surface area contributed by atoms with Crippen LogP contribution < -0.4 is 0 Å². The van der Waals surface area contributed by atoms with Gasteiger partial charge in [-0.1, -0.05) is 0 Å². The third-order valence-electron chi connectivity index (χ3n) is 0. The summed E-state index contributed by atoms with van der Waals surface area (Å²) in [6.45, 7) is 0. The van der Waals surface area contributed by atoms with Gasteiger partial charge in [-0.3, -0.25) is 0 Å². The van der Waals surface area contributed by atoms with Crippen molar-refractivity contribution in [3.63, 3.8) is 0 Å². The molecule has 4 radical (unpaired) electrons. The summed E-state index contributed by atoms with van der Waals surface area (Å²) in [4.78, 5) is 0. The van der Waals surface area contributed by atoms with E-state index in [1.165, 1.54) is 0 Å². The van der Waals surface area contributed by atoms with Crippen LogP contribution in [0.2, 0.25) is 0 Å². The Morgan fingerprint density at radius 1 is 1.25 bits per heavy atom. The van der Waals surface area contributed by atoms with Gasteiger partial charge < -0.3 is 0 Å². The second-order valence-corrected chi connectivity index (χ2v) is 5.01. The molecule has 0 bridgehead atoms. The van der Waals surface area contributed by atoms with E-state index in [1.54, 1.807) is 0 Å². The van der Waals surface area contributed by atoms with E-state index >= 15 is 0 Å². The van der Waals surface area contributed by atoms with E-state index in [-0.39, 0.29) is 11.0 Å². The fourth-order valence-corrected chi connectivity index (χ4v) is 0. The molecule has 4 heavy (non-hydrogen) atoms. The number of hydrogen-bond donors (Lipinski definition) is 0. The molecule has 0 saturated carbocycles. The van der Waals surface area contributed by atoms with Crippen LogP contribution in [0.25, 0.3) is 0 Å². The summed E-state index contributed by atoms with van der Waals surface area (Å²) in [5.41, 5.74) is 0. The van der Waals surface area contributed by atoms with Crippen molar-refractivity contribution in [1.82, 2.24) is 0 Å². The van der Waals surface area contributed by atoms with E-state index in [9.17, 15) is 0 Å². The molecule has 0 N–H and O–H groups in total. The second-order valence-electron chi connectivity index (χ2n) is 0.0680. The van der Waals surface area contributed by atoms with Gasteiger partial charge in [-0.25, -0.2) is 0 Å². The van der Waals surface area contributed by atoms with Crippen molar-refractivity contribution in [1.29, 1.82) is 0 Å². The van der Waals surface area contributed by atoms with Crippen LogP contribution in [-0.4, -0.2) is 11.0 Å². The number of rotatable bonds is 0. The first-order valence-corrected chi connectivity index (χ1v) is 8.19. The molecular weight excluding hydrogens is 276 g/mol. The zero-order valence-electron chi connectivity index (χ0n) is 1.72. The molecule has 0 aliphatic heterocycles. The molecular formula is S2SiW.